The van der Waals surface area contributed by atoms with Gasteiger partial charge in [-0.15, -0.1) is 0 Å². The first-order chi connectivity index (χ1) is 14.1. The number of hydrogen-bond acceptors (Lipinski definition) is 2. The van der Waals surface area contributed by atoms with Gasteiger partial charge in [0.2, 0.25) is 0 Å². The van der Waals surface area contributed by atoms with Gasteiger partial charge in [0, 0.05) is 39.1 Å². The van der Waals surface area contributed by atoms with Gasteiger partial charge >= 0.3 is 0 Å². The summed E-state index contributed by atoms with van der Waals surface area (Å²) in [5.74, 6) is 0.409. The van der Waals surface area contributed by atoms with Crippen molar-refractivity contribution in [2.45, 2.75) is 32.9 Å². The molecule has 0 saturated carbocycles. The van der Waals surface area contributed by atoms with E-state index < -0.39 is 6.10 Å². The lowest BCUT2D eigenvalue weighted by Crippen LogP contribution is -2.32. The summed E-state index contributed by atoms with van der Waals surface area (Å²) in [7, 11) is 0. The van der Waals surface area contributed by atoms with Gasteiger partial charge in [0.1, 0.15) is 5.75 Å². The second-order valence-electron chi connectivity index (χ2n) is 6.95. The lowest BCUT2D eigenvalue weighted by Gasteiger charge is -2.17. The lowest BCUT2D eigenvalue weighted by atomic mass is 10.1. The van der Waals surface area contributed by atoms with E-state index in [2.05, 4.69) is 41.1 Å². The maximum Gasteiger partial charge on any atom is 0.265 e. The Labute approximate surface area is 175 Å². The quantitative estimate of drug-likeness (QED) is 0.410. The van der Waals surface area contributed by atoms with Crippen LogP contribution in [0, 0.1) is 0 Å². The number of benzene rings is 3. The number of aromatic nitrogens is 1. The van der Waals surface area contributed by atoms with E-state index in [9.17, 15) is 4.79 Å². The van der Waals surface area contributed by atoms with Crippen molar-refractivity contribution in [2.75, 3.05) is 5.32 Å². The molecule has 0 aliphatic heterocycles. The zero-order valence-electron chi connectivity index (χ0n) is 16.5. The third-order valence-electron chi connectivity index (χ3n) is 5.09. The molecule has 4 aromatic rings. The van der Waals surface area contributed by atoms with Crippen molar-refractivity contribution < 1.29 is 9.53 Å². The van der Waals surface area contributed by atoms with Crippen LogP contribution in [-0.4, -0.2) is 16.6 Å². The van der Waals surface area contributed by atoms with E-state index in [1.54, 1.807) is 24.3 Å². The molecular weight excluding hydrogens is 384 g/mol. The van der Waals surface area contributed by atoms with Gasteiger partial charge in [0.15, 0.2) is 6.10 Å². The van der Waals surface area contributed by atoms with E-state index in [0.29, 0.717) is 17.2 Å². The molecule has 4 rings (SSSR count). The fraction of sp³-hybridized carbons (Fsp3) is 0.208. The minimum absolute atomic E-state index is 0.175. The molecule has 0 aliphatic rings. The molecule has 4 nitrogen and oxygen atoms in total. The van der Waals surface area contributed by atoms with Crippen molar-refractivity contribution in [3.05, 3.63) is 71.8 Å². The number of hydrogen-bond donors (Lipinski definition) is 1. The van der Waals surface area contributed by atoms with Crippen LogP contribution in [0.4, 0.5) is 5.69 Å². The van der Waals surface area contributed by atoms with Gasteiger partial charge in [-0.2, -0.15) is 0 Å². The van der Waals surface area contributed by atoms with Crippen LogP contribution >= 0.6 is 11.6 Å². The van der Waals surface area contributed by atoms with Gasteiger partial charge in [-0.1, -0.05) is 42.8 Å². The highest BCUT2D eigenvalue weighted by Gasteiger charge is 2.19. The summed E-state index contributed by atoms with van der Waals surface area (Å²) in [4.78, 5) is 12.8. The Kier molecular flexibility index (Phi) is 5.45. The van der Waals surface area contributed by atoms with Crippen LogP contribution in [0.15, 0.2) is 66.7 Å². The highest BCUT2D eigenvalue weighted by atomic mass is 35.5. The van der Waals surface area contributed by atoms with Crippen molar-refractivity contribution in [1.82, 2.24) is 4.57 Å². The van der Waals surface area contributed by atoms with Crippen molar-refractivity contribution in [3.63, 3.8) is 0 Å². The Morgan fingerprint density at radius 2 is 1.79 bits per heavy atom. The molecule has 0 fully saturated rings. The predicted molar refractivity (Wildman–Crippen MR) is 120 cm³/mol. The summed E-state index contributed by atoms with van der Waals surface area (Å²) >= 11 is 6.02. The Bertz CT molecular complexity index is 1180. The Morgan fingerprint density at radius 1 is 1.00 bits per heavy atom. The van der Waals surface area contributed by atoms with Crippen molar-refractivity contribution >= 4 is 45.0 Å². The average Bonchev–Trinajstić information content (AvgIpc) is 3.05. The highest BCUT2D eigenvalue weighted by molar-refractivity contribution is 6.30. The summed E-state index contributed by atoms with van der Waals surface area (Å²) in [6.07, 6.45) is -0.0448. The van der Waals surface area contributed by atoms with Gasteiger partial charge in [-0.05, 0) is 55.8 Å². The zero-order chi connectivity index (χ0) is 20.4. The number of anilines is 1. The molecule has 0 bridgehead atoms. The molecule has 0 aliphatic carbocycles. The average molecular weight is 407 g/mol. The third kappa shape index (κ3) is 3.81. The molecule has 0 saturated heterocycles. The van der Waals surface area contributed by atoms with Gasteiger partial charge < -0.3 is 14.6 Å². The molecule has 0 radical (unpaired) electrons. The number of halogens is 1. The number of fused-ring (bicyclic) bond motifs is 3. The van der Waals surface area contributed by atoms with E-state index in [1.165, 1.54) is 10.9 Å². The number of carbonyl (C=O) groups excluding carboxylic acids is 1. The number of aryl methyl sites for hydroxylation is 1. The Morgan fingerprint density at radius 3 is 2.55 bits per heavy atom. The first kappa shape index (κ1) is 19.3. The lowest BCUT2D eigenvalue weighted by molar-refractivity contribution is -0.122. The second-order valence-corrected chi connectivity index (χ2v) is 7.39. The topological polar surface area (TPSA) is 43.3 Å². The second kappa shape index (κ2) is 8.18. The van der Waals surface area contributed by atoms with Gasteiger partial charge in [-0.3, -0.25) is 4.79 Å². The standard InChI is InChI=1S/C24H23ClN2O2/c1-3-23(29-18-9-7-8-16(25)14-18)24(28)26-17-12-13-22-20(15-17)19-10-5-6-11-21(19)27(22)4-2/h5-15,23H,3-4H2,1-2H3,(H,26,28). The summed E-state index contributed by atoms with van der Waals surface area (Å²) in [5, 5.41) is 5.90. The van der Waals surface area contributed by atoms with Crippen LogP contribution in [0.1, 0.15) is 20.3 Å². The van der Waals surface area contributed by atoms with E-state index in [-0.39, 0.29) is 5.91 Å². The zero-order valence-corrected chi connectivity index (χ0v) is 17.2. The normalized spacial score (nSPS) is 12.2. The highest BCUT2D eigenvalue weighted by Crippen LogP contribution is 2.31. The fourth-order valence-corrected chi connectivity index (χ4v) is 3.90. The molecule has 29 heavy (non-hydrogen) atoms. The van der Waals surface area contributed by atoms with E-state index in [4.69, 9.17) is 16.3 Å². The summed E-state index contributed by atoms with van der Waals surface area (Å²) in [6.45, 7) is 4.95. The van der Waals surface area contributed by atoms with E-state index >= 15 is 0 Å². The molecule has 1 amide bonds. The molecular formula is C24H23ClN2O2. The summed E-state index contributed by atoms with van der Waals surface area (Å²) in [5.41, 5.74) is 3.12. The predicted octanol–water partition coefficient (Wildman–Crippen LogP) is 6.26. The Balaban J connectivity index is 1.61. The molecule has 3 aromatic carbocycles. The maximum absolute atomic E-state index is 12.8. The van der Waals surface area contributed by atoms with Crippen LogP contribution in [0.3, 0.4) is 0 Å². The van der Waals surface area contributed by atoms with Crippen LogP contribution < -0.4 is 10.1 Å². The minimum Gasteiger partial charge on any atom is -0.481 e. The van der Waals surface area contributed by atoms with Crippen LogP contribution in [0.2, 0.25) is 5.02 Å². The molecule has 1 atom stereocenters. The molecule has 148 valence electrons. The monoisotopic (exact) mass is 406 g/mol. The minimum atomic E-state index is -0.596. The van der Waals surface area contributed by atoms with Crippen molar-refractivity contribution in [3.8, 4) is 5.75 Å². The third-order valence-corrected chi connectivity index (χ3v) is 5.33. The van der Waals surface area contributed by atoms with Crippen molar-refractivity contribution in [1.29, 1.82) is 0 Å². The number of ether oxygens (including phenoxy) is 1. The number of carbonyl (C=O) groups is 1. The van der Waals surface area contributed by atoms with E-state index in [1.807, 2.05) is 25.1 Å². The number of nitrogens with one attached hydrogen (secondary N) is 1. The molecule has 1 aromatic heterocycles. The molecule has 1 heterocycles. The first-order valence-corrected chi connectivity index (χ1v) is 10.2. The maximum atomic E-state index is 12.8. The number of amides is 1. The van der Waals surface area contributed by atoms with Gasteiger partial charge in [0.05, 0.1) is 0 Å². The summed E-state index contributed by atoms with van der Waals surface area (Å²) in [6, 6.07) is 21.5. The molecule has 1 N–H and O–H groups in total. The fourth-order valence-electron chi connectivity index (χ4n) is 3.72. The van der Waals surface area contributed by atoms with Gasteiger partial charge in [-0.25, -0.2) is 0 Å². The van der Waals surface area contributed by atoms with Crippen LogP contribution in [0.5, 0.6) is 5.75 Å². The van der Waals surface area contributed by atoms with Crippen molar-refractivity contribution in [2.24, 2.45) is 0 Å². The largest absolute Gasteiger partial charge is 0.481 e. The summed E-state index contributed by atoms with van der Waals surface area (Å²) < 4.78 is 8.14. The molecule has 1 unspecified atom stereocenters. The van der Waals surface area contributed by atoms with Crippen LogP contribution in [0.25, 0.3) is 21.8 Å². The SMILES string of the molecule is CCC(Oc1cccc(Cl)c1)C(=O)Nc1ccc2c(c1)c1ccccc1n2CC. The first-order valence-electron chi connectivity index (χ1n) is 9.84. The van der Waals surface area contributed by atoms with Crippen LogP contribution in [-0.2, 0) is 11.3 Å². The van der Waals surface area contributed by atoms with Gasteiger partial charge in [0.25, 0.3) is 5.91 Å². The molecule has 5 heteroatoms. The van der Waals surface area contributed by atoms with E-state index in [0.717, 1.165) is 23.1 Å². The number of nitrogens with zero attached hydrogens (tertiary/aromatic N) is 1. The molecule has 0 spiro atoms. The Hall–Kier alpha value is -2.98. The smallest absolute Gasteiger partial charge is 0.265 e. The number of rotatable bonds is 6. The number of para-hydroxylation sites is 1.